The van der Waals surface area contributed by atoms with E-state index in [4.69, 9.17) is 15.0 Å². The zero-order chi connectivity index (χ0) is 21.5. The molecule has 0 aliphatic heterocycles. The van der Waals surface area contributed by atoms with Crippen LogP contribution in [0, 0.1) is 25.2 Å². The lowest BCUT2D eigenvalue weighted by Gasteiger charge is -2.22. The summed E-state index contributed by atoms with van der Waals surface area (Å²) in [5, 5.41) is 9.82. The molecule has 6 nitrogen and oxygen atoms in total. The van der Waals surface area contributed by atoms with Crippen LogP contribution in [-0.4, -0.2) is 41.5 Å². The van der Waals surface area contributed by atoms with Crippen LogP contribution in [0.3, 0.4) is 0 Å². The molecule has 156 valence electrons. The molecule has 0 N–H and O–H groups in total. The Morgan fingerprint density at radius 3 is 2.77 bits per heavy atom. The average molecular weight is 423 g/mol. The van der Waals surface area contributed by atoms with Gasteiger partial charge in [-0.1, -0.05) is 30.0 Å². The number of aryl methyl sites for hydroxylation is 2. The monoisotopic (exact) mass is 422 g/mol. The molecular formula is C23H26N4O2S. The van der Waals surface area contributed by atoms with Crippen molar-refractivity contribution in [1.82, 2.24) is 9.55 Å². The summed E-state index contributed by atoms with van der Waals surface area (Å²) in [7, 11) is 1.67. The van der Waals surface area contributed by atoms with E-state index in [-0.39, 0.29) is 18.1 Å². The van der Waals surface area contributed by atoms with Gasteiger partial charge < -0.3 is 14.2 Å². The topological polar surface area (TPSA) is 71.2 Å². The molecule has 0 fully saturated rings. The Hall–Kier alpha value is -2.82. The summed E-state index contributed by atoms with van der Waals surface area (Å²) in [5.41, 5.74) is 5.05. The fraction of sp³-hybridized carbons (Fsp3) is 0.348. The molecule has 0 saturated carbocycles. The molecule has 0 atom stereocenters. The third-order valence-corrected chi connectivity index (χ3v) is 5.97. The minimum Gasteiger partial charge on any atom is -0.383 e. The van der Waals surface area contributed by atoms with Gasteiger partial charge in [0.2, 0.25) is 5.91 Å². The van der Waals surface area contributed by atoms with Gasteiger partial charge in [0, 0.05) is 25.9 Å². The molecule has 1 aromatic heterocycles. The second-order valence-electron chi connectivity index (χ2n) is 7.04. The van der Waals surface area contributed by atoms with E-state index < -0.39 is 0 Å². The number of imidazole rings is 1. The van der Waals surface area contributed by atoms with Crippen LogP contribution in [0.15, 0.2) is 47.6 Å². The first-order chi connectivity index (χ1) is 14.5. The maximum absolute atomic E-state index is 13.1. The molecule has 7 heteroatoms. The van der Waals surface area contributed by atoms with E-state index >= 15 is 0 Å². The van der Waals surface area contributed by atoms with Gasteiger partial charge in [-0.3, -0.25) is 4.79 Å². The largest absolute Gasteiger partial charge is 0.383 e. The second kappa shape index (κ2) is 10.3. The first-order valence-corrected chi connectivity index (χ1v) is 10.8. The fourth-order valence-corrected chi connectivity index (χ4v) is 4.14. The number of methoxy groups -OCH3 is 1. The lowest BCUT2D eigenvalue weighted by Crippen LogP contribution is -2.33. The summed E-state index contributed by atoms with van der Waals surface area (Å²) < 4.78 is 7.33. The van der Waals surface area contributed by atoms with Crippen LogP contribution in [0.4, 0.5) is 5.69 Å². The molecule has 0 aliphatic carbocycles. The van der Waals surface area contributed by atoms with Crippen molar-refractivity contribution in [2.75, 3.05) is 30.9 Å². The van der Waals surface area contributed by atoms with Crippen LogP contribution in [0.1, 0.15) is 17.5 Å². The normalized spacial score (nSPS) is 10.9. The molecule has 2 aromatic carbocycles. The predicted octanol–water partition coefficient (Wildman–Crippen LogP) is 4.34. The first kappa shape index (κ1) is 21.9. The third-order valence-electron chi connectivity index (χ3n) is 5.01. The van der Waals surface area contributed by atoms with Crippen molar-refractivity contribution >= 4 is 34.4 Å². The number of carbonyl (C=O) groups is 1. The Labute approximate surface area is 181 Å². The van der Waals surface area contributed by atoms with Crippen molar-refractivity contribution < 1.29 is 9.53 Å². The molecule has 0 bridgehead atoms. The third kappa shape index (κ3) is 5.02. The zero-order valence-electron chi connectivity index (χ0n) is 17.6. The van der Waals surface area contributed by atoms with Gasteiger partial charge in [-0.2, -0.15) is 5.26 Å². The Morgan fingerprint density at radius 1 is 1.23 bits per heavy atom. The highest BCUT2D eigenvalue weighted by molar-refractivity contribution is 7.99. The number of hydrogen-bond donors (Lipinski definition) is 0. The molecule has 0 unspecified atom stereocenters. The maximum Gasteiger partial charge on any atom is 0.237 e. The van der Waals surface area contributed by atoms with E-state index in [0.29, 0.717) is 19.7 Å². The molecule has 1 amide bonds. The van der Waals surface area contributed by atoms with E-state index in [1.807, 2.05) is 56.3 Å². The van der Waals surface area contributed by atoms with Crippen molar-refractivity contribution in [2.24, 2.45) is 0 Å². The minimum atomic E-state index is -0.0381. The number of carbonyl (C=O) groups excluding carboxylic acids is 1. The Balaban J connectivity index is 1.81. The smallest absolute Gasteiger partial charge is 0.237 e. The molecule has 3 rings (SSSR count). The minimum absolute atomic E-state index is 0.0381. The second-order valence-corrected chi connectivity index (χ2v) is 7.98. The van der Waals surface area contributed by atoms with Gasteiger partial charge in [0.1, 0.15) is 0 Å². The fourth-order valence-electron chi connectivity index (χ4n) is 3.22. The quantitative estimate of drug-likeness (QED) is 0.480. The molecule has 0 aliphatic rings. The lowest BCUT2D eigenvalue weighted by molar-refractivity contribution is -0.116. The number of aromatic nitrogens is 2. The van der Waals surface area contributed by atoms with Crippen LogP contribution in [0.25, 0.3) is 11.0 Å². The van der Waals surface area contributed by atoms with Crippen molar-refractivity contribution in [1.29, 1.82) is 5.26 Å². The number of nitrogens with zero attached hydrogens (tertiary/aromatic N) is 4. The van der Waals surface area contributed by atoms with Gasteiger partial charge in [-0.25, -0.2) is 4.98 Å². The number of benzene rings is 2. The van der Waals surface area contributed by atoms with E-state index in [0.717, 1.165) is 27.4 Å². The van der Waals surface area contributed by atoms with E-state index in [1.54, 1.807) is 12.0 Å². The standard InChI is InChI=1S/C23H26N4O2S/c1-17-9-10-19(15-18(17)2)26(12-6-11-24)22(28)16-30-23-25-20-7-4-5-8-21(20)27(23)13-14-29-3/h4-5,7-10,15H,6,12-14,16H2,1-3H3. The zero-order valence-corrected chi connectivity index (χ0v) is 18.4. The van der Waals surface area contributed by atoms with Crippen molar-refractivity contribution in [3.8, 4) is 6.07 Å². The highest BCUT2D eigenvalue weighted by Gasteiger charge is 2.19. The van der Waals surface area contributed by atoms with Crippen LogP contribution in [0.5, 0.6) is 0 Å². The van der Waals surface area contributed by atoms with E-state index in [9.17, 15) is 4.79 Å². The summed E-state index contributed by atoms with van der Waals surface area (Å²) in [5.74, 6) is 0.207. The number of amides is 1. The van der Waals surface area contributed by atoms with Crippen LogP contribution >= 0.6 is 11.8 Å². The summed E-state index contributed by atoms with van der Waals surface area (Å²) >= 11 is 1.42. The molecule has 1 heterocycles. The van der Waals surface area contributed by atoms with E-state index in [1.165, 1.54) is 17.3 Å². The summed E-state index contributed by atoms with van der Waals surface area (Å²) in [4.78, 5) is 19.5. The molecular weight excluding hydrogens is 396 g/mol. The first-order valence-electron chi connectivity index (χ1n) is 9.86. The number of anilines is 1. The van der Waals surface area contributed by atoms with Gasteiger partial charge in [0.15, 0.2) is 5.16 Å². The van der Waals surface area contributed by atoms with Gasteiger partial charge in [0.25, 0.3) is 0 Å². The number of thioether (sulfide) groups is 1. The highest BCUT2D eigenvalue weighted by atomic mass is 32.2. The summed E-state index contributed by atoms with van der Waals surface area (Å²) in [6, 6.07) is 16.0. The highest BCUT2D eigenvalue weighted by Crippen LogP contribution is 2.26. The number of para-hydroxylation sites is 2. The van der Waals surface area contributed by atoms with Crippen LogP contribution in [0.2, 0.25) is 0 Å². The van der Waals surface area contributed by atoms with Crippen molar-refractivity contribution in [3.63, 3.8) is 0 Å². The molecule has 30 heavy (non-hydrogen) atoms. The predicted molar refractivity (Wildman–Crippen MR) is 121 cm³/mol. The number of rotatable bonds is 9. The Kier molecular flexibility index (Phi) is 7.50. The molecule has 3 aromatic rings. The maximum atomic E-state index is 13.1. The Morgan fingerprint density at radius 2 is 2.03 bits per heavy atom. The molecule has 0 saturated heterocycles. The van der Waals surface area contributed by atoms with E-state index in [2.05, 4.69) is 10.6 Å². The Bertz CT molecular complexity index is 1070. The SMILES string of the molecule is COCCn1c(SCC(=O)N(CCC#N)c2ccc(C)c(C)c2)nc2ccccc21. The number of hydrogen-bond acceptors (Lipinski definition) is 5. The average Bonchev–Trinajstić information content (AvgIpc) is 3.10. The summed E-state index contributed by atoms with van der Waals surface area (Å²) in [6.07, 6.45) is 0.287. The molecule has 0 spiro atoms. The van der Waals surface area contributed by atoms with Gasteiger partial charge in [-0.15, -0.1) is 0 Å². The van der Waals surface area contributed by atoms with Crippen molar-refractivity contribution in [3.05, 3.63) is 53.6 Å². The van der Waals surface area contributed by atoms with Crippen LogP contribution < -0.4 is 4.90 Å². The number of fused-ring (bicyclic) bond motifs is 1. The van der Waals surface area contributed by atoms with Gasteiger partial charge in [-0.05, 0) is 49.2 Å². The number of ether oxygens (including phenoxy) is 1. The number of nitriles is 1. The van der Waals surface area contributed by atoms with Gasteiger partial charge in [0.05, 0.1) is 35.9 Å². The van der Waals surface area contributed by atoms with Crippen LogP contribution in [-0.2, 0) is 16.1 Å². The summed E-state index contributed by atoms with van der Waals surface area (Å²) in [6.45, 7) is 5.68. The van der Waals surface area contributed by atoms with Gasteiger partial charge >= 0.3 is 0 Å². The molecule has 0 radical (unpaired) electrons. The lowest BCUT2D eigenvalue weighted by atomic mass is 10.1. The van der Waals surface area contributed by atoms with Crippen molar-refractivity contribution in [2.45, 2.75) is 32.0 Å².